The summed E-state index contributed by atoms with van der Waals surface area (Å²) in [5, 5.41) is 3.47. The number of rotatable bonds is 5. The molecule has 5 heteroatoms. The molecule has 1 N–H and O–H groups in total. The second-order valence-corrected chi connectivity index (χ2v) is 7.07. The van der Waals surface area contributed by atoms with Gasteiger partial charge in [0.05, 0.1) is 11.3 Å². The number of fused-ring (bicyclic) bond motifs is 1. The van der Waals surface area contributed by atoms with E-state index in [2.05, 4.69) is 28.2 Å². The van der Waals surface area contributed by atoms with Crippen molar-refractivity contribution in [1.82, 2.24) is 5.32 Å². The summed E-state index contributed by atoms with van der Waals surface area (Å²) in [6.07, 6.45) is 2.51. The zero-order chi connectivity index (χ0) is 15.1. The SMILES string of the molecule is Cc1cc(Br)cc2c1N(CC(C)CNC1CC1)C(=O)C2=O. The first-order chi connectivity index (χ1) is 9.97. The molecule has 1 amide bonds. The third-order valence-electron chi connectivity index (χ3n) is 4.05. The lowest BCUT2D eigenvalue weighted by Crippen LogP contribution is -2.37. The lowest BCUT2D eigenvalue weighted by atomic mass is 10.1. The van der Waals surface area contributed by atoms with Crippen molar-refractivity contribution in [1.29, 1.82) is 0 Å². The van der Waals surface area contributed by atoms with Crippen molar-refractivity contribution < 1.29 is 9.59 Å². The second kappa shape index (κ2) is 5.54. The van der Waals surface area contributed by atoms with Crippen LogP contribution >= 0.6 is 15.9 Å². The third-order valence-corrected chi connectivity index (χ3v) is 4.50. The summed E-state index contributed by atoms with van der Waals surface area (Å²) in [7, 11) is 0. The van der Waals surface area contributed by atoms with Crippen LogP contribution in [0, 0.1) is 12.8 Å². The summed E-state index contributed by atoms with van der Waals surface area (Å²) in [4.78, 5) is 26.0. The van der Waals surface area contributed by atoms with Gasteiger partial charge in [-0.2, -0.15) is 0 Å². The first kappa shape index (κ1) is 14.7. The van der Waals surface area contributed by atoms with E-state index in [-0.39, 0.29) is 0 Å². The minimum absolute atomic E-state index is 0.316. The molecule has 1 aliphatic carbocycles. The van der Waals surface area contributed by atoms with E-state index in [0.717, 1.165) is 22.3 Å². The van der Waals surface area contributed by atoms with Gasteiger partial charge >= 0.3 is 0 Å². The van der Waals surface area contributed by atoms with Crippen molar-refractivity contribution in [2.45, 2.75) is 32.7 Å². The Labute approximate surface area is 133 Å². The molecule has 0 aromatic heterocycles. The number of anilines is 1. The van der Waals surface area contributed by atoms with Gasteiger partial charge < -0.3 is 10.2 Å². The molecule has 1 aliphatic heterocycles. The number of hydrogen-bond donors (Lipinski definition) is 1. The Balaban J connectivity index is 1.79. The first-order valence-electron chi connectivity index (χ1n) is 7.37. The molecule has 4 nitrogen and oxygen atoms in total. The van der Waals surface area contributed by atoms with E-state index in [9.17, 15) is 9.59 Å². The topological polar surface area (TPSA) is 49.4 Å². The molecule has 2 aliphatic rings. The fraction of sp³-hybridized carbons (Fsp3) is 0.500. The highest BCUT2D eigenvalue weighted by Crippen LogP contribution is 2.35. The molecule has 1 fully saturated rings. The molecule has 1 heterocycles. The molecular formula is C16H19BrN2O2. The molecular weight excluding hydrogens is 332 g/mol. The first-order valence-corrected chi connectivity index (χ1v) is 8.16. The highest BCUT2D eigenvalue weighted by atomic mass is 79.9. The number of hydrogen-bond acceptors (Lipinski definition) is 3. The molecule has 3 rings (SSSR count). The Hall–Kier alpha value is -1.20. The number of aryl methyl sites for hydroxylation is 1. The zero-order valence-corrected chi connectivity index (χ0v) is 13.9. The normalized spacial score (nSPS) is 19.1. The van der Waals surface area contributed by atoms with Crippen LogP contribution in [0.2, 0.25) is 0 Å². The van der Waals surface area contributed by atoms with Crippen LogP contribution in [0.1, 0.15) is 35.7 Å². The van der Waals surface area contributed by atoms with Crippen LogP contribution in [0.4, 0.5) is 5.69 Å². The summed E-state index contributed by atoms with van der Waals surface area (Å²) >= 11 is 3.39. The van der Waals surface area contributed by atoms with Gasteiger partial charge in [0, 0.05) is 17.1 Å². The highest BCUT2D eigenvalue weighted by molar-refractivity contribution is 9.10. The zero-order valence-electron chi connectivity index (χ0n) is 12.3. The Morgan fingerprint density at radius 2 is 2.10 bits per heavy atom. The largest absolute Gasteiger partial charge is 0.314 e. The summed E-state index contributed by atoms with van der Waals surface area (Å²) in [6, 6.07) is 4.36. The van der Waals surface area contributed by atoms with Gasteiger partial charge in [0.25, 0.3) is 11.7 Å². The van der Waals surface area contributed by atoms with Gasteiger partial charge in [-0.15, -0.1) is 0 Å². The number of nitrogens with zero attached hydrogens (tertiary/aromatic N) is 1. The quantitative estimate of drug-likeness (QED) is 0.830. The van der Waals surface area contributed by atoms with Gasteiger partial charge in [0.15, 0.2) is 0 Å². The van der Waals surface area contributed by atoms with E-state index in [1.165, 1.54) is 12.8 Å². The molecule has 0 bridgehead atoms. The molecule has 1 saturated carbocycles. The van der Waals surface area contributed by atoms with E-state index in [0.29, 0.717) is 24.1 Å². The summed E-state index contributed by atoms with van der Waals surface area (Å²) in [6.45, 7) is 5.52. The summed E-state index contributed by atoms with van der Waals surface area (Å²) in [5.74, 6) is -0.474. The van der Waals surface area contributed by atoms with Crippen LogP contribution in [-0.4, -0.2) is 30.8 Å². The number of ketones is 1. The van der Waals surface area contributed by atoms with Crippen LogP contribution < -0.4 is 10.2 Å². The molecule has 21 heavy (non-hydrogen) atoms. The average Bonchev–Trinajstić information content (AvgIpc) is 3.21. The predicted octanol–water partition coefficient (Wildman–Crippen LogP) is 2.67. The van der Waals surface area contributed by atoms with E-state index in [1.54, 1.807) is 11.0 Å². The Morgan fingerprint density at radius 3 is 2.76 bits per heavy atom. The monoisotopic (exact) mass is 350 g/mol. The number of Topliss-reactive ketones (excluding diaryl/α,β-unsaturated/α-hetero) is 1. The van der Waals surface area contributed by atoms with Crippen molar-refractivity contribution in [3.8, 4) is 0 Å². The van der Waals surface area contributed by atoms with Crippen molar-refractivity contribution in [3.05, 3.63) is 27.7 Å². The van der Waals surface area contributed by atoms with E-state index in [4.69, 9.17) is 0 Å². The Bertz CT molecular complexity index is 611. The molecule has 1 aromatic carbocycles. The summed E-state index contributed by atoms with van der Waals surface area (Å²) in [5.41, 5.74) is 2.27. The Kier molecular flexibility index (Phi) is 3.88. The molecule has 1 atom stereocenters. The maximum absolute atomic E-state index is 12.3. The van der Waals surface area contributed by atoms with Crippen molar-refractivity contribution in [3.63, 3.8) is 0 Å². The van der Waals surface area contributed by atoms with Gasteiger partial charge in [-0.25, -0.2) is 0 Å². The molecule has 1 aromatic rings. The van der Waals surface area contributed by atoms with Crippen LogP contribution in [0.3, 0.4) is 0 Å². The van der Waals surface area contributed by atoms with Gasteiger partial charge in [-0.3, -0.25) is 9.59 Å². The van der Waals surface area contributed by atoms with E-state index < -0.39 is 11.7 Å². The minimum atomic E-state index is -0.399. The molecule has 0 radical (unpaired) electrons. The van der Waals surface area contributed by atoms with Crippen molar-refractivity contribution in [2.75, 3.05) is 18.0 Å². The van der Waals surface area contributed by atoms with Crippen LogP contribution in [0.15, 0.2) is 16.6 Å². The maximum atomic E-state index is 12.3. The highest BCUT2D eigenvalue weighted by Gasteiger charge is 2.37. The molecule has 0 spiro atoms. The average molecular weight is 351 g/mol. The van der Waals surface area contributed by atoms with Crippen LogP contribution in [0.25, 0.3) is 0 Å². The lowest BCUT2D eigenvalue weighted by Gasteiger charge is -2.23. The smallest absolute Gasteiger partial charge is 0.299 e. The number of amides is 1. The maximum Gasteiger partial charge on any atom is 0.299 e. The fourth-order valence-electron chi connectivity index (χ4n) is 2.81. The van der Waals surface area contributed by atoms with Gasteiger partial charge in [0.2, 0.25) is 0 Å². The third kappa shape index (κ3) is 2.90. The second-order valence-electron chi connectivity index (χ2n) is 6.15. The van der Waals surface area contributed by atoms with E-state index >= 15 is 0 Å². The van der Waals surface area contributed by atoms with Crippen LogP contribution in [-0.2, 0) is 4.79 Å². The van der Waals surface area contributed by atoms with Gasteiger partial charge in [0.1, 0.15) is 0 Å². The van der Waals surface area contributed by atoms with Gasteiger partial charge in [-0.05, 0) is 49.9 Å². The molecule has 112 valence electrons. The number of nitrogens with one attached hydrogen (secondary N) is 1. The summed E-state index contributed by atoms with van der Waals surface area (Å²) < 4.78 is 0.838. The Morgan fingerprint density at radius 1 is 1.38 bits per heavy atom. The van der Waals surface area contributed by atoms with E-state index in [1.807, 2.05) is 13.0 Å². The minimum Gasteiger partial charge on any atom is -0.314 e. The van der Waals surface area contributed by atoms with Crippen molar-refractivity contribution >= 4 is 33.3 Å². The van der Waals surface area contributed by atoms with Crippen LogP contribution in [0.5, 0.6) is 0 Å². The molecule has 1 unspecified atom stereocenters. The fourth-order valence-corrected chi connectivity index (χ4v) is 3.38. The molecule has 0 saturated heterocycles. The standard InChI is InChI=1S/C16H19BrN2O2/c1-9(7-18-12-3-4-12)8-19-14-10(2)5-11(17)6-13(14)15(20)16(19)21/h5-6,9,12,18H,3-4,7-8H2,1-2H3. The number of benzene rings is 1. The number of carbonyl (C=O) groups excluding carboxylic acids is 2. The number of carbonyl (C=O) groups is 2. The predicted molar refractivity (Wildman–Crippen MR) is 85.8 cm³/mol. The van der Waals surface area contributed by atoms with Crippen molar-refractivity contribution in [2.24, 2.45) is 5.92 Å². The lowest BCUT2D eigenvalue weighted by molar-refractivity contribution is -0.114. The number of halogens is 1. The van der Waals surface area contributed by atoms with Gasteiger partial charge in [-0.1, -0.05) is 22.9 Å².